The van der Waals surface area contributed by atoms with Gasteiger partial charge in [0.15, 0.2) is 0 Å². The molecule has 0 radical (unpaired) electrons. The van der Waals surface area contributed by atoms with Crippen molar-refractivity contribution in [3.05, 3.63) is 136 Å². The number of nitrogens with zero attached hydrogens (tertiary/aromatic N) is 2. The van der Waals surface area contributed by atoms with Crippen molar-refractivity contribution in [2.45, 2.75) is 17.9 Å². The lowest BCUT2D eigenvalue weighted by Crippen LogP contribution is -2.42. The Balaban J connectivity index is 1.70. The lowest BCUT2D eigenvalue weighted by molar-refractivity contribution is -0.384. The number of sulfonamides is 1. The Hall–Kier alpha value is -4.50. The molecule has 0 aliphatic carbocycles. The van der Waals surface area contributed by atoms with Gasteiger partial charge in [-0.1, -0.05) is 72.8 Å². The van der Waals surface area contributed by atoms with E-state index in [1.165, 1.54) is 36.4 Å². The fraction of sp³-hybridized carbons (Fsp3) is 0.107. The molecule has 188 valence electrons. The molecule has 0 heterocycles. The zero-order valence-electron chi connectivity index (χ0n) is 20.0. The Morgan fingerprint density at radius 3 is 2.03 bits per heavy atom. The molecule has 0 aliphatic heterocycles. The Kier molecular flexibility index (Phi) is 7.64. The predicted molar refractivity (Wildman–Crippen MR) is 142 cm³/mol. The van der Waals surface area contributed by atoms with E-state index in [9.17, 15) is 23.3 Å². The maximum atomic E-state index is 13.6. The highest BCUT2D eigenvalue weighted by Crippen LogP contribution is 2.27. The highest BCUT2D eigenvalue weighted by molar-refractivity contribution is 7.92. The molecule has 1 N–H and O–H groups in total. The number of hydrogen-bond donors (Lipinski definition) is 1. The number of rotatable bonds is 9. The number of amides is 1. The molecule has 0 fully saturated rings. The maximum absolute atomic E-state index is 13.6. The number of hydrogen-bond acceptors (Lipinski definition) is 5. The van der Waals surface area contributed by atoms with Gasteiger partial charge in [-0.05, 0) is 47.9 Å². The second kappa shape index (κ2) is 11.0. The molecule has 0 unspecified atom stereocenters. The van der Waals surface area contributed by atoms with E-state index >= 15 is 0 Å². The largest absolute Gasteiger partial charge is 0.344 e. The molecule has 0 aromatic heterocycles. The van der Waals surface area contributed by atoms with Crippen molar-refractivity contribution >= 4 is 27.3 Å². The highest BCUT2D eigenvalue weighted by Gasteiger charge is 2.29. The van der Waals surface area contributed by atoms with Crippen molar-refractivity contribution in [2.24, 2.45) is 0 Å². The number of carbonyl (C=O) groups is 1. The van der Waals surface area contributed by atoms with Crippen molar-refractivity contribution in [1.82, 2.24) is 5.32 Å². The average molecular weight is 516 g/mol. The number of carbonyl (C=O) groups excluding carboxylic acids is 1. The quantitative estimate of drug-likeness (QED) is 0.249. The zero-order chi connectivity index (χ0) is 26.4. The molecule has 9 heteroatoms. The smallest absolute Gasteiger partial charge is 0.269 e. The normalized spacial score (nSPS) is 11.9. The van der Waals surface area contributed by atoms with Gasteiger partial charge in [-0.2, -0.15) is 0 Å². The van der Waals surface area contributed by atoms with Crippen molar-refractivity contribution in [2.75, 3.05) is 10.8 Å². The standard InChI is InChI=1S/C28H25N3O5S/c1-21-10-8-9-15-26(21)28(22-11-4-2-5-12-22)29-27(32)20-30(23-16-18-24(19-17-23)31(33)34)37(35,36)25-13-6-3-7-14-25/h2-19,28H,20H2,1H3,(H,29,32)/t28-/m1/s1. The minimum Gasteiger partial charge on any atom is -0.344 e. The SMILES string of the molecule is Cc1ccccc1[C@H](NC(=O)CN(c1ccc([N+](=O)[O-])cc1)S(=O)(=O)c1ccccc1)c1ccccc1. The molecule has 0 saturated carbocycles. The summed E-state index contributed by atoms with van der Waals surface area (Å²) in [5.74, 6) is -0.532. The zero-order valence-corrected chi connectivity index (χ0v) is 20.8. The summed E-state index contributed by atoms with van der Waals surface area (Å²) in [6, 6.07) is 29.4. The number of nitrogens with one attached hydrogen (secondary N) is 1. The molecule has 37 heavy (non-hydrogen) atoms. The first-order chi connectivity index (χ1) is 17.8. The lowest BCUT2D eigenvalue weighted by Gasteiger charge is -2.26. The third-order valence-electron chi connectivity index (χ3n) is 5.90. The molecule has 1 atom stereocenters. The number of anilines is 1. The van der Waals surface area contributed by atoms with Crippen molar-refractivity contribution < 1.29 is 18.1 Å². The molecule has 0 bridgehead atoms. The van der Waals surface area contributed by atoms with Gasteiger partial charge in [0.2, 0.25) is 5.91 Å². The van der Waals surface area contributed by atoms with E-state index in [0.29, 0.717) is 0 Å². The summed E-state index contributed by atoms with van der Waals surface area (Å²) in [5, 5.41) is 14.1. The molecular weight excluding hydrogens is 490 g/mol. The predicted octanol–water partition coefficient (Wildman–Crippen LogP) is 5.00. The van der Waals surface area contributed by atoms with E-state index in [1.54, 1.807) is 18.2 Å². The van der Waals surface area contributed by atoms with Crippen LogP contribution in [0.4, 0.5) is 11.4 Å². The van der Waals surface area contributed by atoms with Gasteiger partial charge in [0.1, 0.15) is 6.54 Å². The molecule has 4 aromatic rings. The summed E-state index contributed by atoms with van der Waals surface area (Å²) in [7, 11) is -4.15. The van der Waals surface area contributed by atoms with Crippen LogP contribution in [-0.4, -0.2) is 25.8 Å². The highest BCUT2D eigenvalue weighted by atomic mass is 32.2. The second-order valence-corrected chi connectivity index (χ2v) is 10.2. The Morgan fingerprint density at radius 2 is 1.43 bits per heavy atom. The van der Waals surface area contributed by atoms with Crippen LogP contribution < -0.4 is 9.62 Å². The summed E-state index contributed by atoms with van der Waals surface area (Å²) in [5.41, 5.74) is 2.65. The Morgan fingerprint density at radius 1 is 0.865 bits per heavy atom. The Bertz CT molecular complexity index is 1490. The molecule has 0 saturated heterocycles. The van der Waals surface area contributed by atoms with Gasteiger partial charge in [0, 0.05) is 12.1 Å². The van der Waals surface area contributed by atoms with Crippen LogP contribution in [0.25, 0.3) is 0 Å². The second-order valence-electron chi connectivity index (χ2n) is 8.37. The van der Waals surface area contributed by atoms with Crippen molar-refractivity contribution in [3.8, 4) is 0 Å². The van der Waals surface area contributed by atoms with Gasteiger partial charge < -0.3 is 5.32 Å². The van der Waals surface area contributed by atoms with Crippen LogP contribution in [0, 0.1) is 17.0 Å². The number of aryl methyl sites for hydroxylation is 1. The summed E-state index contributed by atoms with van der Waals surface area (Å²) in [6.07, 6.45) is 0. The van der Waals surface area contributed by atoms with Crippen molar-refractivity contribution in [1.29, 1.82) is 0 Å². The summed E-state index contributed by atoms with van der Waals surface area (Å²) in [6.45, 7) is 1.42. The molecule has 0 aliphatic rings. The first-order valence-electron chi connectivity index (χ1n) is 11.5. The molecule has 4 aromatic carbocycles. The van der Waals surface area contributed by atoms with E-state index in [4.69, 9.17) is 0 Å². The Labute approximate surface area is 215 Å². The van der Waals surface area contributed by atoms with Crippen LogP contribution in [0.2, 0.25) is 0 Å². The van der Waals surface area contributed by atoms with E-state index in [2.05, 4.69) is 5.32 Å². The summed E-state index contributed by atoms with van der Waals surface area (Å²) in [4.78, 5) is 24.0. The molecule has 4 rings (SSSR count). The van der Waals surface area contributed by atoms with Gasteiger partial charge in [-0.15, -0.1) is 0 Å². The van der Waals surface area contributed by atoms with E-state index < -0.39 is 33.4 Å². The first kappa shape index (κ1) is 25.6. The van der Waals surface area contributed by atoms with Gasteiger partial charge in [0.05, 0.1) is 21.5 Å². The molecule has 8 nitrogen and oxygen atoms in total. The minimum atomic E-state index is -4.15. The van der Waals surface area contributed by atoms with Gasteiger partial charge in [-0.3, -0.25) is 19.2 Å². The van der Waals surface area contributed by atoms with Crippen LogP contribution in [0.5, 0.6) is 0 Å². The lowest BCUT2D eigenvalue weighted by atomic mass is 9.95. The van der Waals surface area contributed by atoms with Crippen LogP contribution in [-0.2, 0) is 14.8 Å². The first-order valence-corrected chi connectivity index (χ1v) is 12.9. The van der Waals surface area contributed by atoms with Gasteiger partial charge in [0.25, 0.3) is 15.7 Å². The molecular formula is C28H25N3O5S. The summed E-state index contributed by atoms with van der Waals surface area (Å²) >= 11 is 0. The van der Waals surface area contributed by atoms with Crippen LogP contribution in [0.15, 0.2) is 114 Å². The van der Waals surface area contributed by atoms with E-state index in [1.807, 2.05) is 61.5 Å². The van der Waals surface area contributed by atoms with Crippen LogP contribution in [0.1, 0.15) is 22.7 Å². The minimum absolute atomic E-state index is 0.000309. The summed E-state index contributed by atoms with van der Waals surface area (Å²) < 4.78 is 28.1. The number of nitro groups is 1. The fourth-order valence-corrected chi connectivity index (χ4v) is 5.45. The molecule has 1 amide bonds. The monoisotopic (exact) mass is 515 g/mol. The average Bonchev–Trinajstić information content (AvgIpc) is 2.92. The van der Waals surface area contributed by atoms with Gasteiger partial charge >= 0.3 is 0 Å². The number of non-ortho nitro benzene ring substituents is 1. The van der Waals surface area contributed by atoms with Crippen molar-refractivity contribution in [3.63, 3.8) is 0 Å². The van der Waals surface area contributed by atoms with Crippen LogP contribution >= 0.6 is 0 Å². The molecule has 0 spiro atoms. The third-order valence-corrected chi connectivity index (χ3v) is 7.69. The van der Waals surface area contributed by atoms with Gasteiger partial charge in [-0.25, -0.2) is 8.42 Å². The maximum Gasteiger partial charge on any atom is 0.269 e. The van der Waals surface area contributed by atoms with E-state index in [0.717, 1.165) is 21.0 Å². The third kappa shape index (κ3) is 5.84. The number of nitro benzene ring substituents is 1. The van der Waals surface area contributed by atoms with E-state index in [-0.39, 0.29) is 16.3 Å². The topological polar surface area (TPSA) is 110 Å². The van der Waals surface area contributed by atoms with Crippen LogP contribution in [0.3, 0.4) is 0 Å². The fourth-order valence-electron chi connectivity index (χ4n) is 4.01. The number of benzene rings is 4.